The van der Waals surface area contributed by atoms with Gasteiger partial charge in [-0.2, -0.15) is 0 Å². The highest BCUT2D eigenvalue weighted by Gasteiger charge is 2.40. The van der Waals surface area contributed by atoms with Gasteiger partial charge in [0.1, 0.15) is 4.90 Å². The zero-order valence-corrected chi connectivity index (χ0v) is 12.6. The molecule has 0 spiro atoms. The molecule has 0 fully saturated rings. The molecule has 1 aromatic heterocycles. The van der Waals surface area contributed by atoms with Crippen molar-refractivity contribution in [3.63, 3.8) is 0 Å². The Morgan fingerprint density at radius 2 is 1.95 bits per heavy atom. The van der Waals surface area contributed by atoms with E-state index in [1.165, 1.54) is 18.3 Å². The molecule has 0 saturated carbocycles. The van der Waals surface area contributed by atoms with Crippen molar-refractivity contribution in [1.29, 1.82) is 0 Å². The highest BCUT2D eigenvalue weighted by molar-refractivity contribution is 9.10. The first-order valence-electron chi connectivity index (χ1n) is 5.75. The van der Waals surface area contributed by atoms with E-state index >= 15 is 0 Å². The van der Waals surface area contributed by atoms with Crippen LogP contribution in [0.2, 0.25) is 0 Å². The third kappa shape index (κ3) is 2.03. The summed E-state index contributed by atoms with van der Waals surface area (Å²) in [7, 11) is -3.77. The first-order chi connectivity index (χ1) is 9.50. The molecule has 0 saturated heterocycles. The van der Waals surface area contributed by atoms with Gasteiger partial charge in [0.2, 0.25) is 0 Å². The molecule has 7 heteroatoms. The van der Waals surface area contributed by atoms with Gasteiger partial charge in [0.25, 0.3) is 15.9 Å². The van der Waals surface area contributed by atoms with E-state index in [9.17, 15) is 13.2 Å². The fraction of sp³-hybridized carbons (Fsp3) is 0.0769. The lowest BCUT2D eigenvalue weighted by molar-refractivity contribution is 0.0865. The monoisotopic (exact) mass is 352 g/mol. The predicted molar refractivity (Wildman–Crippen MR) is 75.4 cm³/mol. The fourth-order valence-corrected chi connectivity index (χ4v) is 4.06. The Hall–Kier alpha value is -1.73. The number of amides is 1. The summed E-state index contributed by atoms with van der Waals surface area (Å²) < 4.78 is 26.3. The number of hydrogen-bond donors (Lipinski definition) is 0. The van der Waals surface area contributed by atoms with Crippen molar-refractivity contribution in [2.24, 2.45) is 0 Å². The average molecular weight is 353 g/mol. The third-order valence-corrected chi connectivity index (χ3v) is 5.22. The Bertz CT molecular complexity index is 805. The molecule has 1 aromatic carbocycles. The lowest BCUT2D eigenvalue weighted by Gasteiger charge is -2.14. The average Bonchev–Trinajstić information content (AvgIpc) is 2.61. The van der Waals surface area contributed by atoms with E-state index in [0.717, 1.165) is 8.78 Å². The number of hydrogen-bond acceptors (Lipinski definition) is 4. The Labute approximate surface area is 124 Å². The van der Waals surface area contributed by atoms with Gasteiger partial charge in [0, 0.05) is 16.9 Å². The minimum absolute atomic E-state index is 0.0255. The summed E-state index contributed by atoms with van der Waals surface area (Å²) in [4.78, 5) is 16.2. The van der Waals surface area contributed by atoms with Crippen LogP contribution in [0, 0.1) is 0 Å². The maximum atomic E-state index is 12.4. The first-order valence-corrected chi connectivity index (χ1v) is 7.99. The molecule has 3 rings (SSSR count). The molecule has 0 atom stereocenters. The number of rotatable bonds is 2. The number of carbonyl (C=O) groups excluding carboxylic acids is 1. The predicted octanol–water partition coefficient (Wildman–Crippen LogP) is 2.19. The van der Waals surface area contributed by atoms with Crippen molar-refractivity contribution >= 4 is 31.9 Å². The van der Waals surface area contributed by atoms with Gasteiger partial charge < -0.3 is 0 Å². The summed E-state index contributed by atoms with van der Waals surface area (Å²) in [6.07, 6.45) is 3.13. The largest absolute Gasteiger partial charge is 0.269 e. The van der Waals surface area contributed by atoms with Crippen LogP contribution in [0.5, 0.6) is 0 Å². The number of sulfonamides is 1. The van der Waals surface area contributed by atoms with E-state index in [4.69, 9.17) is 0 Å². The molecule has 1 amide bonds. The highest BCUT2D eigenvalue weighted by atomic mass is 79.9. The molecule has 0 aliphatic carbocycles. The number of benzene rings is 1. The van der Waals surface area contributed by atoms with E-state index in [0.29, 0.717) is 5.56 Å². The van der Waals surface area contributed by atoms with Crippen molar-refractivity contribution in [3.8, 4) is 0 Å². The van der Waals surface area contributed by atoms with Crippen LogP contribution < -0.4 is 0 Å². The van der Waals surface area contributed by atoms with Crippen molar-refractivity contribution in [1.82, 2.24) is 9.29 Å². The number of pyridine rings is 1. The minimum atomic E-state index is -3.77. The maximum absolute atomic E-state index is 12.4. The summed E-state index contributed by atoms with van der Waals surface area (Å²) in [5.41, 5.74) is 0.861. The van der Waals surface area contributed by atoms with E-state index in [1.807, 2.05) is 0 Å². The molecule has 0 unspecified atom stereocenters. The molecule has 0 radical (unpaired) electrons. The van der Waals surface area contributed by atoms with Crippen LogP contribution in [0.3, 0.4) is 0 Å². The van der Waals surface area contributed by atoms with Crippen LogP contribution in [0.1, 0.15) is 15.9 Å². The lowest BCUT2D eigenvalue weighted by atomic mass is 10.2. The maximum Gasteiger partial charge on any atom is 0.269 e. The Morgan fingerprint density at radius 3 is 2.65 bits per heavy atom. The third-order valence-electron chi connectivity index (χ3n) is 3.00. The van der Waals surface area contributed by atoms with Gasteiger partial charge in [0.15, 0.2) is 0 Å². The zero-order chi connectivity index (χ0) is 14.3. The molecule has 1 aliphatic heterocycles. The Morgan fingerprint density at radius 1 is 1.20 bits per heavy atom. The van der Waals surface area contributed by atoms with Crippen LogP contribution in [0.15, 0.2) is 52.1 Å². The summed E-state index contributed by atoms with van der Waals surface area (Å²) in [6, 6.07) is 7.96. The van der Waals surface area contributed by atoms with Crippen LogP contribution in [-0.4, -0.2) is 23.6 Å². The molecule has 2 aromatic rings. The van der Waals surface area contributed by atoms with Gasteiger partial charge in [0.05, 0.1) is 12.1 Å². The summed E-state index contributed by atoms with van der Waals surface area (Å²) >= 11 is 3.27. The Kier molecular flexibility index (Phi) is 3.10. The van der Waals surface area contributed by atoms with Gasteiger partial charge in [-0.25, -0.2) is 12.7 Å². The van der Waals surface area contributed by atoms with Crippen molar-refractivity contribution < 1.29 is 13.2 Å². The minimum Gasteiger partial charge on any atom is -0.268 e. The molecule has 0 bridgehead atoms. The number of aromatic nitrogens is 1. The standard InChI is InChI=1S/C13H9BrN2O3S/c14-10-5-9(6-15-7-10)8-16-13(17)11-3-1-2-4-12(11)20(16,18)19/h1-7H,8H2. The van der Waals surface area contributed by atoms with E-state index < -0.39 is 15.9 Å². The molecule has 0 N–H and O–H groups in total. The highest BCUT2D eigenvalue weighted by Crippen LogP contribution is 2.31. The van der Waals surface area contributed by atoms with Gasteiger partial charge >= 0.3 is 0 Å². The molecule has 5 nitrogen and oxygen atoms in total. The topological polar surface area (TPSA) is 67.3 Å². The van der Waals surface area contributed by atoms with Crippen LogP contribution in [0.4, 0.5) is 0 Å². The molecule has 2 heterocycles. The number of halogens is 1. The quantitative estimate of drug-likeness (QED) is 0.830. The number of carbonyl (C=O) groups is 1. The second-order valence-corrected chi connectivity index (χ2v) is 7.07. The van der Waals surface area contributed by atoms with Crippen LogP contribution in [-0.2, 0) is 16.6 Å². The normalized spacial score (nSPS) is 16.2. The summed E-state index contributed by atoms with van der Waals surface area (Å²) in [6.45, 7) is -0.0255. The van der Waals surface area contributed by atoms with Crippen molar-refractivity contribution in [2.75, 3.05) is 0 Å². The van der Waals surface area contributed by atoms with Gasteiger partial charge in [-0.05, 0) is 39.7 Å². The number of nitrogens with zero attached hydrogens (tertiary/aromatic N) is 2. The van der Waals surface area contributed by atoms with Crippen LogP contribution >= 0.6 is 15.9 Å². The number of fused-ring (bicyclic) bond motifs is 1. The van der Waals surface area contributed by atoms with Gasteiger partial charge in [-0.1, -0.05) is 12.1 Å². The second-order valence-electron chi connectivity index (χ2n) is 4.32. The first kappa shape index (κ1) is 13.3. The smallest absolute Gasteiger partial charge is 0.268 e. The molecule has 1 aliphatic rings. The van der Waals surface area contributed by atoms with Crippen molar-refractivity contribution in [3.05, 3.63) is 58.3 Å². The molecule has 102 valence electrons. The van der Waals surface area contributed by atoms with Crippen molar-refractivity contribution in [2.45, 2.75) is 11.4 Å². The SMILES string of the molecule is O=C1c2ccccc2S(=O)(=O)N1Cc1cncc(Br)c1. The lowest BCUT2D eigenvalue weighted by Crippen LogP contribution is -2.29. The van der Waals surface area contributed by atoms with Gasteiger partial charge in [-0.15, -0.1) is 0 Å². The fourth-order valence-electron chi connectivity index (χ4n) is 2.10. The molecular formula is C13H9BrN2O3S. The van der Waals surface area contributed by atoms with E-state index in [-0.39, 0.29) is 17.0 Å². The molecule has 20 heavy (non-hydrogen) atoms. The van der Waals surface area contributed by atoms with E-state index in [2.05, 4.69) is 20.9 Å². The van der Waals surface area contributed by atoms with Gasteiger partial charge in [-0.3, -0.25) is 9.78 Å². The Balaban J connectivity index is 2.03. The zero-order valence-electron chi connectivity index (χ0n) is 10.2. The summed E-state index contributed by atoms with van der Waals surface area (Å²) in [5.74, 6) is -0.499. The molecular weight excluding hydrogens is 344 g/mol. The van der Waals surface area contributed by atoms with E-state index in [1.54, 1.807) is 24.4 Å². The van der Waals surface area contributed by atoms with Crippen LogP contribution in [0.25, 0.3) is 0 Å². The summed E-state index contributed by atoms with van der Waals surface area (Å²) in [5, 5.41) is 0. The second kappa shape index (κ2) is 4.68.